The van der Waals surface area contributed by atoms with Crippen LogP contribution in [0.1, 0.15) is 22.8 Å². The first-order valence-corrected chi connectivity index (χ1v) is 5.23. The van der Waals surface area contributed by atoms with Crippen LogP contribution in [0, 0.1) is 6.92 Å². The Labute approximate surface area is 99.5 Å². The molecule has 0 aliphatic rings. The van der Waals surface area contributed by atoms with Crippen molar-refractivity contribution in [3.8, 4) is 5.75 Å². The molecule has 1 N–H and O–H groups in total. The zero-order valence-corrected chi connectivity index (χ0v) is 9.77. The molecular weight excluding hydrogens is 220 g/mol. The molecule has 0 amide bonds. The van der Waals surface area contributed by atoms with Crippen molar-refractivity contribution < 1.29 is 19.4 Å². The molecule has 0 radical (unpaired) electrons. The molecule has 1 aromatic rings. The van der Waals surface area contributed by atoms with Crippen molar-refractivity contribution in [1.82, 2.24) is 0 Å². The SMILES string of the molecule is CCOc1ccc(C)cc1C(=O)C=CC(=O)O. The standard InChI is InChI=1S/C13H14O4/c1-3-17-12-6-4-9(2)8-10(12)11(14)5-7-13(15)16/h4-8H,3H2,1-2H3,(H,15,16). The average molecular weight is 234 g/mol. The number of benzene rings is 1. The molecule has 0 heterocycles. The molecule has 0 aliphatic carbocycles. The molecule has 1 rings (SSSR count). The number of carboxylic acid groups (broad SMARTS) is 1. The Morgan fingerprint density at radius 1 is 1.35 bits per heavy atom. The fraction of sp³-hybridized carbons (Fsp3) is 0.231. The minimum absolute atomic E-state index is 0.375. The molecule has 1 aromatic carbocycles. The zero-order chi connectivity index (χ0) is 12.8. The largest absolute Gasteiger partial charge is 0.493 e. The number of carbonyl (C=O) groups excluding carboxylic acids is 1. The molecular formula is C13H14O4. The number of aryl methyl sites for hydroxylation is 1. The van der Waals surface area contributed by atoms with Gasteiger partial charge in [-0.3, -0.25) is 4.79 Å². The normalized spacial score (nSPS) is 10.5. The van der Waals surface area contributed by atoms with Crippen molar-refractivity contribution in [3.63, 3.8) is 0 Å². The van der Waals surface area contributed by atoms with E-state index in [0.717, 1.165) is 17.7 Å². The molecule has 0 atom stereocenters. The molecule has 0 aromatic heterocycles. The predicted molar refractivity (Wildman–Crippen MR) is 63.5 cm³/mol. The van der Waals surface area contributed by atoms with Gasteiger partial charge in [-0.15, -0.1) is 0 Å². The quantitative estimate of drug-likeness (QED) is 0.626. The summed E-state index contributed by atoms with van der Waals surface area (Å²) < 4.78 is 5.32. The average Bonchev–Trinajstić information content (AvgIpc) is 2.28. The number of ether oxygens (including phenoxy) is 1. The van der Waals surface area contributed by atoms with Crippen LogP contribution in [0.3, 0.4) is 0 Å². The van der Waals surface area contributed by atoms with E-state index in [2.05, 4.69) is 0 Å². The Balaban J connectivity index is 3.05. The van der Waals surface area contributed by atoms with Gasteiger partial charge in [0.25, 0.3) is 0 Å². The van der Waals surface area contributed by atoms with Gasteiger partial charge >= 0.3 is 5.97 Å². The molecule has 0 saturated heterocycles. The molecule has 0 saturated carbocycles. The maximum atomic E-state index is 11.8. The molecule has 0 fully saturated rings. The Bertz CT molecular complexity index is 460. The summed E-state index contributed by atoms with van der Waals surface area (Å²) in [5, 5.41) is 8.47. The minimum Gasteiger partial charge on any atom is -0.493 e. The number of carbonyl (C=O) groups is 2. The van der Waals surface area contributed by atoms with Crippen LogP contribution >= 0.6 is 0 Å². The van der Waals surface area contributed by atoms with E-state index < -0.39 is 5.97 Å². The van der Waals surface area contributed by atoms with Gasteiger partial charge in [0.15, 0.2) is 5.78 Å². The van der Waals surface area contributed by atoms with E-state index in [1.807, 2.05) is 19.9 Å². The Kier molecular flexibility index (Phi) is 4.46. The van der Waals surface area contributed by atoms with Crippen LogP contribution in [-0.4, -0.2) is 23.5 Å². The smallest absolute Gasteiger partial charge is 0.328 e. The van der Waals surface area contributed by atoms with Gasteiger partial charge in [0, 0.05) is 6.08 Å². The lowest BCUT2D eigenvalue weighted by molar-refractivity contribution is -0.131. The lowest BCUT2D eigenvalue weighted by Crippen LogP contribution is -2.03. The summed E-state index contributed by atoms with van der Waals surface area (Å²) >= 11 is 0. The van der Waals surface area contributed by atoms with E-state index in [0.29, 0.717) is 17.9 Å². The number of rotatable bonds is 5. The molecule has 0 unspecified atom stereocenters. The summed E-state index contributed by atoms with van der Waals surface area (Å²) in [7, 11) is 0. The number of carboxylic acids is 1. The monoisotopic (exact) mass is 234 g/mol. The predicted octanol–water partition coefficient (Wildman–Crippen LogP) is 2.22. The summed E-state index contributed by atoms with van der Waals surface area (Å²) in [6.07, 6.45) is 1.85. The summed E-state index contributed by atoms with van der Waals surface area (Å²) in [4.78, 5) is 22.1. The van der Waals surface area contributed by atoms with Crippen molar-refractivity contribution in [2.75, 3.05) is 6.61 Å². The third-order valence-corrected chi connectivity index (χ3v) is 2.08. The van der Waals surface area contributed by atoms with E-state index in [1.165, 1.54) is 0 Å². The number of hydrogen-bond acceptors (Lipinski definition) is 3. The molecule has 0 bridgehead atoms. The molecule has 17 heavy (non-hydrogen) atoms. The third kappa shape index (κ3) is 3.75. The first kappa shape index (κ1) is 13.0. The molecule has 4 nitrogen and oxygen atoms in total. The van der Waals surface area contributed by atoms with Crippen molar-refractivity contribution in [1.29, 1.82) is 0 Å². The van der Waals surface area contributed by atoms with Gasteiger partial charge in [-0.05, 0) is 32.1 Å². The summed E-state index contributed by atoms with van der Waals surface area (Å²) in [5.74, 6) is -1.05. The van der Waals surface area contributed by atoms with Crippen molar-refractivity contribution in [3.05, 3.63) is 41.5 Å². The Morgan fingerprint density at radius 3 is 2.65 bits per heavy atom. The first-order valence-electron chi connectivity index (χ1n) is 5.23. The van der Waals surface area contributed by atoms with E-state index in [1.54, 1.807) is 12.1 Å². The molecule has 0 spiro atoms. The van der Waals surface area contributed by atoms with Crippen molar-refractivity contribution in [2.45, 2.75) is 13.8 Å². The maximum absolute atomic E-state index is 11.8. The fourth-order valence-corrected chi connectivity index (χ4v) is 1.35. The van der Waals surface area contributed by atoms with Crippen molar-refractivity contribution >= 4 is 11.8 Å². The lowest BCUT2D eigenvalue weighted by atomic mass is 10.1. The van der Waals surface area contributed by atoms with Crippen LogP contribution in [0.4, 0.5) is 0 Å². The maximum Gasteiger partial charge on any atom is 0.328 e. The van der Waals surface area contributed by atoms with Crippen LogP contribution in [0.15, 0.2) is 30.4 Å². The number of hydrogen-bond donors (Lipinski definition) is 1. The van der Waals surface area contributed by atoms with Gasteiger partial charge in [-0.2, -0.15) is 0 Å². The van der Waals surface area contributed by atoms with Gasteiger partial charge in [-0.1, -0.05) is 11.6 Å². The van der Waals surface area contributed by atoms with E-state index in [4.69, 9.17) is 9.84 Å². The molecule has 0 aliphatic heterocycles. The van der Waals surface area contributed by atoms with E-state index in [-0.39, 0.29) is 5.78 Å². The van der Waals surface area contributed by atoms with Gasteiger partial charge < -0.3 is 9.84 Å². The van der Waals surface area contributed by atoms with Crippen LogP contribution in [0.2, 0.25) is 0 Å². The number of allylic oxidation sites excluding steroid dienone is 1. The number of aliphatic carboxylic acids is 1. The van der Waals surface area contributed by atoms with Gasteiger partial charge in [0.05, 0.1) is 12.2 Å². The van der Waals surface area contributed by atoms with Gasteiger partial charge in [0.1, 0.15) is 5.75 Å². The minimum atomic E-state index is -1.15. The van der Waals surface area contributed by atoms with Crippen molar-refractivity contribution in [2.24, 2.45) is 0 Å². The molecule has 90 valence electrons. The highest BCUT2D eigenvalue weighted by Gasteiger charge is 2.10. The fourth-order valence-electron chi connectivity index (χ4n) is 1.35. The summed E-state index contributed by atoms with van der Waals surface area (Å²) in [5.41, 5.74) is 1.30. The topological polar surface area (TPSA) is 63.6 Å². The van der Waals surface area contributed by atoms with Crippen LogP contribution < -0.4 is 4.74 Å². The first-order chi connectivity index (χ1) is 8.04. The summed E-state index contributed by atoms with van der Waals surface area (Å²) in [6.45, 7) is 4.13. The highest BCUT2D eigenvalue weighted by atomic mass is 16.5. The highest BCUT2D eigenvalue weighted by molar-refractivity contribution is 6.08. The lowest BCUT2D eigenvalue weighted by Gasteiger charge is -2.08. The van der Waals surface area contributed by atoms with Crippen LogP contribution in [0.5, 0.6) is 5.75 Å². The van der Waals surface area contributed by atoms with E-state index in [9.17, 15) is 9.59 Å². The van der Waals surface area contributed by atoms with Gasteiger partial charge in [0.2, 0.25) is 0 Å². The zero-order valence-electron chi connectivity index (χ0n) is 9.77. The van der Waals surface area contributed by atoms with Gasteiger partial charge in [-0.25, -0.2) is 4.79 Å². The van der Waals surface area contributed by atoms with Crippen LogP contribution in [-0.2, 0) is 4.79 Å². The van der Waals surface area contributed by atoms with E-state index >= 15 is 0 Å². The molecule has 4 heteroatoms. The second-order valence-electron chi connectivity index (χ2n) is 3.47. The second-order valence-corrected chi connectivity index (χ2v) is 3.47. The highest BCUT2D eigenvalue weighted by Crippen LogP contribution is 2.21. The number of ketones is 1. The third-order valence-electron chi connectivity index (χ3n) is 2.08. The summed E-state index contributed by atoms with van der Waals surface area (Å²) in [6, 6.07) is 5.23. The Hall–Kier alpha value is -2.10. The second kappa shape index (κ2) is 5.84. The van der Waals surface area contributed by atoms with Crippen LogP contribution in [0.25, 0.3) is 0 Å². The Morgan fingerprint density at radius 2 is 2.06 bits per heavy atom.